The van der Waals surface area contributed by atoms with Gasteiger partial charge in [-0.15, -0.1) is 0 Å². The predicted octanol–water partition coefficient (Wildman–Crippen LogP) is 2.15. The Labute approximate surface area is 95.2 Å². The molecule has 0 bridgehead atoms. The summed E-state index contributed by atoms with van der Waals surface area (Å²) in [6.45, 7) is 1.17. The molecule has 2 aromatic rings. The molecular formula is C11H9BrN2O. The zero-order valence-electron chi connectivity index (χ0n) is 7.96. The van der Waals surface area contributed by atoms with Crippen molar-refractivity contribution in [3.05, 3.63) is 34.4 Å². The third-order valence-corrected chi connectivity index (χ3v) is 3.32. The molecule has 0 fully saturated rings. The van der Waals surface area contributed by atoms with Crippen LogP contribution in [0.3, 0.4) is 0 Å². The van der Waals surface area contributed by atoms with E-state index in [1.165, 1.54) is 0 Å². The summed E-state index contributed by atoms with van der Waals surface area (Å²) in [5, 5.41) is 4.19. The Hall–Kier alpha value is -1.13. The van der Waals surface area contributed by atoms with Gasteiger partial charge in [0.2, 0.25) is 5.91 Å². The molecule has 0 aliphatic carbocycles. The molecular weight excluding hydrogens is 256 g/mol. The van der Waals surface area contributed by atoms with E-state index in [2.05, 4.69) is 27.3 Å². The van der Waals surface area contributed by atoms with E-state index in [4.69, 9.17) is 0 Å². The maximum Gasteiger partial charge on any atom is 0.245 e. The van der Waals surface area contributed by atoms with Crippen LogP contribution in [0.25, 0.3) is 10.9 Å². The van der Waals surface area contributed by atoms with Crippen molar-refractivity contribution in [2.75, 3.05) is 6.54 Å². The van der Waals surface area contributed by atoms with Gasteiger partial charge in [-0.1, -0.05) is 12.1 Å². The van der Waals surface area contributed by atoms with E-state index >= 15 is 0 Å². The SMILES string of the molecule is O=C1CNCc2cc3cccc(Br)c3n21. The van der Waals surface area contributed by atoms with Gasteiger partial charge < -0.3 is 5.32 Å². The van der Waals surface area contributed by atoms with E-state index in [-0.39, 0.29) is 5.91 Å². The van der Waals surface area contributed by atoms with Crippen LogP contribution in [-0.2, 0) is 6.54 Å². The Bertz CT molecular complexity index is 559. The average Bonchev–Trinajstić information content (AvgIpc) is 2.58. The third-order valence-electron chi connectivity index (χ3n) is 2.68. The standard InChI is InChI=1S/C11H9BrN2O/c12-9-3-1-2-7-4-8-5-13-6-10(15)14(8)11(7)9/h1-4,13H,5-6H2. The molecule has 3 rings (SSSR count). The highest BCUT2D eigenvalue weighted by molar-refractivity contribution is 9.10. The lowest BCUT2D eigenvalue weighted by Crippen LogP contribution is -2.34. The fraction of sp³-hybridized carbons (Fsp3) is 0.182. The summed E-state index contributed by atoms with van der Waals surface area (Å²) >= 11 is 3.49. The minimum Gasteiger partial charge on any atom is -0.303 e. The maximum atomic E-state index is 11.8. The van der Waals surface area contributed by atoms with Gasteiger partial charge in [-0.25, -0.2) is 0 Å². The number of benzene rings is 1. The molecule has 4 heteroatoms. The smallest absolute Gasteiger partial charge is 0.245 e. The Morgan fingerprint density at radius 1 is 1.33 bits per heavy atom. The van der Waals surface area contributed by atoms with Crippen LogP contribution in [-0.4, -0.2) is 17.0 Å². The number of aromatic nitrogens is 1. The topological polar surface area (TPSA) is 34.0 Å². The van der Waals surface area contributed by atoms with Gasteiger partial charge in [-0.2, -0.15) is 0 Å². The zero-order valence-corrected chi connectivity index (χ0v) is 9.54. The molecule has 0 amide bonds. The second-order valence-corrected chi connectivity index (χ2v) is 4.50. The van der Waals surface area contributed by atoms with Crippen LogP contribution in [0, 0.1) is 0 Å². The van der Waals surface area contributed by atoms with Crippen LogP contribution in [0.1, 0.15) is 10.5 Å². The molecule has 3 nitrogen and oxygen atoms in total. The molecule has 0 unspecified atom stereocenters. The van der Waals surface area contributed by atoms with E-state index in [1.54, 1.807) is 4.57 Å². The first-order valence-electron chi connectivity index (χ1n) is 4.80. The van der Waals surface area contributed by atoms with Crippen LogP contribution in [0.15, 0.2) is 28.7 Å². The molecule has 1 N–H and O–H groups in total. The summed E-state index contributed by atoms with van der Waals surface area (Å²) in [5.41, 5.74) is 2.02. The van der Waals surface area contributed by atoms with Crippen LogP contribution in [0.2, 0.25) is 0 Å². The molecule has 76 valence electrons. The van der Waals surface area contributed by atoms with Gasteiger partial charge >= 0.3 is 0 Å². The lowest BCUT2D eigenvalue weighted by Gasteiger charge is -2.15. The average molecular weight is 265 g/mol. The lowest BCUT2D eigenvalue weighted by atomic mass is 10.2. The van der Waals surface area contributed by atoms with Gasteiger partial charge in [0.25, 0.3) is 0 Å². The van der Waals surface area contributed by atoms with E-state index in [0.717, 1.165) is 27.6 Å². The molecule has 0 saturated carbocycles. The second-order valence-electron chi connectivity index (χ2n) is 3.65. The fourth-order valence-corrected chi connectivity index (χ4v) is 2.62. The number of carbonyl (C=O) groups excluding carboxylic acids is 1. The molecule has 0 spiro atoms. The van der Waals surface area contributed by atoms with Crippen LogP contribution >= 0.6 is 15.9 Å². The minimum absolute atomic E-state index is 0.109. The van der Waals surface area contributed by atoms with Crippen molar-refractivity contribution in [2.24, 2.45) is 0 Å². The molecule has 2 heterocycles. The Morgan fingerprint density at radius 3 is 3.07 bits per heavy atom. The van der Waals surface area contributed by atoms with Crippen molar-refractivity contribution in [2.45, 2.75) is 6.54 Å². The highest BCUT2D eigenvalue weighted by Crippen LogP contribution is 2.28. The lowest BCUT2D eigenvalue weighted by molar-refractivity contribution is 0.0900. The van der Waals surface area contributed by atoms with Crippen molar-refractivity contribution in [3.63, 3.8) is 0 Å². The van der Waals surface area contributed by atoms with E-state index in [0.29, 0.717) is 6.54 Å². The summed E-state index contributed by atoms with van der Waals surface area (Å²) in [7, 11) is 0. The quantitative estimate of drug-likeness (QED) is 0.791. The van der Waals surface area contributed by atoms with Crippen molar-refractivity contribution < 1.29 is 4.79 Å². The Morgan fingerprint density at radius 2 is 2.20 bits per heavy atom. The summed E-state index contributed by atoms with van der Waals surface area (Å²) in [4.78, 5) is 11.8. The first-order chi connectivity index (χ1) is 7.27. The van der Waals surface area contributed by atoms with Crippen LogP contribution < -0.4 is 5.32 Å². The van der Waals surface area contributed by atoms with Crippen molar-refractivity contribution >= 4 is 32.7 Å². The number of hydrogen-bond acceptors (Lipinski definition) is 2. The van der Waals surface area contributed by atoms with Gasteiger partial charge in [0, 0.05) is 22.1 Å². The van der Waals surface area contributed by atoms with Gasteiger partial charge in [0.1, 0.15) is 0 Å². The number of nitrogens with one attached hydrogen (secondary N) is 1. The molecule has 0 radical (unpaired) electrons. The predicted molar refractivity (Wildman–Crippen MR) is 62.0 cm³/mol. The summed E-state index contributed by atoms with van der Waals surface area (Å²) in [6, 6.07) is 8.03. The number of rotatable bonds is 0. The molecule has 1 aromatic heterocycles. The van der Waals surface area contributed by atoms with Crippen molar-refractivity contribution in [1.82, 2.24) is 9.88 Å². The molecule has 1 aliphatic rings. The van der Waals surface area contributed by atoms with E-state index < -0.39 is 0 Å². The third kappa shape index (κ3) is 1.25. The summed E-state index contributed by atoms with van der Waals surface area (Å²) in [5.74, 6) is 0.109. The summed E-state index contributed by atoms with van der Waals surface area (Å²) < 4.78 is 2.78. The normalized spacial score (nSPS) is 15.7. The van der Waals surface area contributed by atoms with E-state index in [1.807, 2.05) is 18.2 Å². The second kappa shape index (κ2) is 3.18. The maximum absolute atomic E-state index is 11.8. The number of para-hydroxylation sites is 1. The zero-order chi connectivity index (χ0) is 10.4. The monoisotopic (exact) mass is 264 g/mol. The highest BCUT2D eigenvalue weighted by Gasteiger charge is 2.19. The van der Waals surface area contributed by atoms with Crippen LogP contribution in [0.5, 0.6) is 0 Å². The largest absolute Gasteiger partial charge is 0.303 e. The molecule has 15 heavy (non-hydrogen) atoms. The number of nitrogens with zero attached hydrogens (tertiary/aromatic N) is 1. The Kier molecular flexibility index (Phi) is 1.94. The van der Waals surface area contributed by atoms with E-state index in [9.17, 15) is 4.79 Å². The number of hydrogen-bond donors (Lipinski definition) is 1. The first-order valence-corrected chi connectivity index (χ1v) is 5.59. The van der Waals surface area contributed by atoms with Crippen LogP contribution in [0.4, 0.5) is 0 Å². The minimum atomic E-state index is 0.109. The number of carbonyl (C=O) groups is 1. The Balaban J connectivity index is 2.44. The molecule has 0 atom stereocenters. The van der Waals surface area contributed by atoms with Crippen molar-refractivity contribution in [3.8, 4) is 0 Å². The van der Waals surface area contributed by atoms with Gasteiger partial charge in [0.15, 0.2) is 0 Å². The summed E-state index contributed by atoms with van der Waals surface area (Å²) in [6.07, 6.45) is 0. The van der Waals surface area contributed by atoms with Crippen molar-refractivity contribution in [1.29, 1.82) is 0 Å². The first kappa shape index (κ1) is 9.12. The van der Waals surface area contributed by atoms with Gasteiger partial charge in [-0.05, 0) is 28.1 Å². The fourth-order valence-electron chi connectivity index (χ4n) is 2.06. The number of fused-ring (bicyclic) bond motifs is 3. The molecule has 1 aromatic carbocycles. The molecule has 1 aliphatic heterocycles. The van der Waals surface area contributed by atoms with Gasteiger partial charge in [-0.3, -0.25) is 9.36 Å². The highest BCUT2D eigenvalue weighted by atomic mass is 79.9. The molecule has 0 saturated heterocycles. The number of halogens is 1. The van der Waals surface area contributed by atoms with Gasteiger partial charge in [0.05, 0.1) is 12.1 Å².